The van der Waals surface area contributed by atoms with E-state index in [0.717, 1.165) is 12.0 Å². The van der Waals surface area contributed by atoms with Crippen molar-refractivity contribution in [2.75, 3.05) is 7.11 Å². The lowest BCUT2D eigenvalue weighted by Crippen LogP contribution is -2.12. The van der Waals surface area contributed by atoms with E-state index < -0.39 is 0 Å². The highest BCUT2D eigenvalue weighted by molar-refractivity contribution is 6.08. The van der Waals surface area contributed by atoms with E-state index in [1.165, 1.54) is 13.4 Å². The zero-order chi connectivity index (χ0) is 13.1. The van der Waals surface area contributed by atoms with Crippen LogP contribution >= 0.6 is 0 Å². The molecule has 5 heteroatoms. The lowest BCUT2D eigenvalue weighted by atomic mass is 10.1. The number of aromatic nitrogens is 2. The van der Waals surface area contributed by atoms with Gasteiger partial charge in [0, 0.05) is 6.54 Å². The first-order chi connectivity index (χ1) is 8.69. The second kappa shape index (κ2) is 5.08. The van der Waals surface area contributed by atoms with Gasteiger partial charge in [0.2, 0.25) is 5.78 Å². The number of hydrogen-bond acceptors (Lipinski definition) is 4. The maximum absolute atomic E-state index is 12.4. The minimum atomic E-state index is -0.194. The van der Waals surface area contributed by atoms with Crippen LogP contribution in [0.2, 0.25) is 0 Å². The Bertz CT molecular complexity index is 554. The SMILES string of the molecule is CCCn1ncc(OC)c1C(=O)c1occc1C. The monoisotopic (exact) mass is 248 g/mol. The van der Waals surface area contributed by atoms with Crippen LogP contribution in [-0.2, 0) is 6.54 Å². The van der Waals surface area contributed by atoms with Crippen molar-refractivity contribution < 1.29 is 13.9 Å². The van der Waals surface area contributed by atoms with Crippen molar-refractivity contribution in [3.8, 4) is 5.75 Å². The molecular formula is C13H16N2O3. The van der Waals surface area contributed by atoms with Crippen LogP contribution < -0.4 is 4.74 Å². The number of furan rings is 1. The molecule has 18 heavy (non-hydrogen) atoms. The fraction of sp³-hybridized carbons (Fsp3) is 0.385. The van der Waals surface area contributed by atoms with Gasteiger partial charge >= 0.3 is 0 Å². The molecule has 0 radical (unpaired) electrons. The number of carbonyl (C=O) groups is 1. The second-order valence-electron chi connectivity index (χ2n) is 4.05. The molecule has 2 aromatic rings. The topological polar surface area (TPSA) is 57.3 Å². The zero-order valence-corrected chi connectivity index (χ0v) is 10.8. The molecule has 0 N–H and O–H groups in total. The molecule has 0 unspecified atom stereocenters. The van der Waals surface area contributed by atoms with Gasteiger partial charge in [0.05, 0.1) is 19.6 Å². The van der Waals surface area contributed by atoms with Crippen molar-refractivity contribution in [3.63, 3.8) is 0 Å². The van der Waals surface area contributed by atoms with Gasteiger partial charge < -0.3 is 9.15 Å². The molecule has 0 saturated carbocycles. The number of ketones is 1. The van der Waals surface area contributed by atoms with Crippen LogP contribution in [0, 0.1) is 6.92 Å². The zero-order valence-electron chi connectivity index (χ0n) is 10.8. The fourth-order valence-electron chi connectivity index (χ4n) is 1.84. The maximum atomic E-state index is 12.4. The van der Waals surface area contributed by atoms with Crippen molar-refractivity contribution in [3.05, 3.63) is 35.5 Å². The molecule has 0 aromatic carbocycles. The van der Waals surface area contributed by atoms with E-state index in [1.54, 1.807) is 16.9 Å². The summed E-state index contributed by atoms with van der Waals surface area (Å²) in [6.45, 7) is 4.54. The van der Waals surface area contributed by atoms with Gasteiger partial charge in [-0.25, -0.2) is 0 Å². The fourth-order valence-corrected chi connectivity index (χ4v) is 1.84. The third-order valence-electron chi connectivity index (χ3n) is 2.74. The summed E-state index contributed by atoms with van der Waals surface area (Å²) in [6.07, 6.45) is 3.96. The largest absolute Gasteiger partial charge is 0.493 e. The molecule has 0 aliphatic rings. The summed E-state index contributed by atoms with van der Waals surface area (Å²) in [4.78, 5) is 12.4. The van der Waals surface area contributed by atoms with E-state index in [4.69, 9.17) is 9.15 Å². The number of rotatable bonds is 5. The van der Waals surface area contributed by atoms with Gasteiger partial charge in [-0.05, 0) is 25.0 Å². The lowest BCUT2D eigenvalue weighted by Gasteiger charge is -2.06. The molecule has 96 valence electrons. The highest BCUT2D eigenvalue weighted by Crippen LogP contribution is 2.23. The van der Waals surface area contributed by atoms with Crippen molar-refractivity contribution >= 4 is 5.78 Å². The van der Waals surface area contributed by atoms with E-state index >= 15 is 0 Å². The minimum absolute atomic E-state index is 0.194. The molecule has 0 spiro atoms. The Kier molecular flexibility index (Phi) is 3.50. The average Bonchev–Trinajstić information content (AvgIpc) is 2.95. The summed E-state index contributed by atoms with van der Waals surface area (Å²) in [5.74, 6) is 0.621. The number of methoxy groups -OCH3 is 1. The summed E-state index contributed by atoms with van der Waals surface area (Å²) < 4.78 is 12.1. The Labute approximate surface area is 105 Å². The van der Waals surface area contributed by atoms with Crippen LogP contribution in [0.3, 0.4) is 0 Å². The van der Waals surface area contributed by atoms with E-state index in [2.05, 4.69) is 5.10 Å². The Morgan fingerprint density at radius 1 is 1.56 bits per heavy atom. The first-order valence-electron chi connectivity index (χ1n) is 5.87. The number of ether oxygens (including phenoxy) is 1. The van der Waals surface area contributed by atoms with Gasteiger partial charge in [0.25, 0.3) is 0 Å². The summed E-state index contributed by atoms with van der Waals surface area (Å²) in [6, 6.07) is 1.76. The predicted molar refractivity (Wildman–Crippen MR) is 65.9 cm³/mol. The molecule has 0 amide bonds. The number of aryl methyl sites for hydroxylation is 2. The van der Waals surface area contributed by atoms with Gasteiger partial charge in [-0.1, -0.05) is 6.92 Å². The first-order valence-corrected chi connectivity index (χ1v) is 5.87. The normalized spacial score (nSPS) is 10.6. The maximum Gasteiger partial charge on any atom is 0.250 e. The molecule has 0 aliphatic carbocycles. The molecule has 2 heterocycles. The van der Waals surface area contributed by atoms with Gasteiger partial charge in [-0.2, -0.15) is 5.10 Å². The van der Waals surface area contributed by atoms with Gasteiger partial charge in [0.15, 0.2) is 17.2 Å². The van der Waals surface area contributed by atoms with Gasteiger partial charge in [-0.15, -0.1) is 0 Å². The predicted octanol–water partition coefficient (Wildman–Crippen LogP) is 2.43. The van der Waals surface area contributed by atoms with E-state index in [9.17, 15) is 4.79 Å². The third kappa shape index (κ3) is 2.03. The molecule has 0 bridgehead atoms. The van der Waals surface area contributed by atoms with E-state index in [-0.39, 0.29) is 5.78 Å². The van der Waals surface area contributed by atoms with Crippen LogP contribution in [-0.4, -0.2) is 22.7 Å². The van der Waals surface area contributed by atoms with Crippen molar-refractivity contribution in [2.24, 2.45) is 0 Å². The second-order valence-corrected chi connectivity index (χ2v) is 4.05. The third-order valence-corrected chi connectivity index (χ3v) is 2.74. The standard InChI is InChI=1S/C13H16N2O3/c1-4-6-15-11(10(17-3)8-14-15)12(16)13-9(2)5-7-18-13/h5,7-8H,4,6H2,1-3H3. The quantitative estimate of drug-likeness (QED) is 0.762. The highest BCUT2D eigenvalue weighted by Gasteiger charge is 2.24. The molecule has 0 aliphatic heterocycles. The molecule has 0 atom stereocenters. The summed E-state index contributed by atoms with van der Waals surface area (Å²) in [7, 11) is 1.53. The van der Waals surface area contributed by atoms with Crippen LogP contribution in [0.25, 0.3) is 0 Å². The van der Waals surface area contributed by atoms with E-state index in [1.807, 2.05) is 13.8 Å². The molecule has 2 aromatic heterocycles. The Hall–Kier alpha value is -2.04. The van der Waals surface area contributed by atoms with Crippen LogP contribution in [0.5, 0.6) is 5.75 Å². The average molecular weight is 248 g/mol. The molecular weight excluding hydrogens is 232 g/mol. The minimum Gasteiger partial charge on any atom is -0.493 e. The van der Waals surface area contributed by atoms with Crippen molar-refractivity contribution in [1.29, 1.82) is 0 Å². The number of nitrogens with zero attached hydrogens (tertiary/aromatic N) is 2. The number of hydrogen-bond donors (Lipinski definition) is 0. The summed E-state index contributed by atoms with van der Waals surface area (Å²) in [5.41, 5.74) is 1.25. The molecule has 0 saturated heterocycles. The highest BCUT2D eigenvalue weighted by atomic mass is 16.5. The lowest BCUT2D eigenvalue weighted by molar-refractivity contribution is 0.0995. The Morgan fingerprint density at radius 3 is 2.89 bits per heavy atom. The Morgan fingerprint density at radius 2 is 2.33 bits per heavy atom. The summed E-state index contributed by atoms with van der Waals surface area (Å²) in [5, 5.41) is 4.17. The number of carbonyl (C=O) groups excluding carboxylic acids is 1. The van der Waals surface area contributed by atoms with Crippen LogP contribution in [0.1, 0.15) is 35.2 Å². The van der Waals surface area contributed by atoms with Gasteiger partial charge in [-0.3, -0.25) is 9.48 Å². The van der Waals surface area contributed by atoms with E-state index in [0.29, 0.717) is 23.7 Å². The van der Waals surface area contributed by atoms with Gasteiger partial charge in [0.1, 0.15) is 0 Å². The Balaban J connectivity index is 2.46. The van der Waals surface area contributed by atoms with Crippen molar-refractivity contribution in [1.82, 2.24) is 9.78 Å². The molecule has 2 rings (SSSR count). The van der Waals surface area contributed by atoms with Crippen LogP contribution in [0.4, 0.5) is 0 Å². The smallest absolute Gasteiger partial charge is 0.250 e. The molecule has 0 fully saturated rings. The summed E-state index contributed by atoms with van der Waals surface area (Å²) >= 11 is 0. The first kappa shape index (κ1) is 12.4. The van der Waals surface area contributed by atoms with Crippen molar-refractivity contribution in [2.45, 2.75) is 26.8 Å². The molecule has 5 nitrogen and oxygen atoms in total. The van der Waals surface area contributed by atoms with Crippen LogP contribution in [0.15, 0.2) is 22.9 Å².